The first-order valence-electron chi connectivity index (χ1n) is 7.08. The Kier molecular flexibility index (Phi) is 4.31. The van der Waals surface area contributed by atoms with Crippen LogP contribution in [-0.4, -0.2) is 15.2 Å². The van der Waals surface area contributed by atoms with Crippen molar-refractivity contribution < 1.29 is 0 Å². The molecule has 1 heterocycles. The molecule has 0 aliphatic heterocycles. The molecule has 2 N–H and O–H groups in total. The Bertz CT molecular complexity index is 825. The summed E-state index contributed by atoms with van der Waals surface area (Å²) in [5.74, 6) is 0.552. The number of aromatic amines is 1. The van der Waals surface area contributed by atoms with Gasteiger partial charge in [0.15, 0.2) is 0 Å². The summed E-state index contributed by atoms with van der Waals surface area (Å²) in [7, 11) is 0. The van der Waals surface area contributed by atoms with Crippen molar-refractivity contribution in [3.05, 3.63) is 59.4 Å². The van der Waals surface area contributed by atoms with Gasteiger partial charge in [0.25, 0.3) is 0 Å². The first-order chi connectivity index (χ1) is 11.2. The minimum absolute atomic E-state index is 0.552. The molecule has 0 radical (unpaired) electrons. The number of nitrogens with one attached hydrogen (secondary N) is 2. The molecule has 114 valence electrons. The number of H-pyrrole nitrogens is 1. The van der Waals surface area contributed by atoms with E-state index in [0.29, 0.717) is 11.5 Å². The summed E-state index contributed by atoms with van der Waals surface area (Å²) < 4.78 is 0. The summed E-state index contributed by atoms with van der Waals surface area (Å²) in [6, 6.07) is 13.9. The maximum atomic E-state index is 8.87. The molecule has 0 aliphatic rings. The predicted octanol–water partition coefficient (Wildman–Crippen LogP) is 4.19. The van der Waals surface area contributed by atoms with E-state index in [-0.39, 0.29) is 0 Å². The monoisotopic (exact) mass is 321 g/mol. The van der Waals surface area contributed by atoms with Gasteiger partial charge in [-0.05, 0) is 61.4 Å². The van der Waals surface area contributed by atoms with Crippen molar-refractivity contribution in [2.75, 3.05) is 5.32 Å². The van der Waals surface area contributed by atoms with Gasteiger partial charge >= 0.3 is 0 Å². The highest BCUT2D eigenvalue weighted by Crippen LogP contribution is 2.35. The van der Waals surface area contributed by atoms with Crippen molar-refractivity contribution in [3.8, 4) is 6.07 Å². The van der Waals surface area contributed by atoms with Crippen LogP contribution < -0.4 is 5.32 Å². The maximum absolute atomic E-state index is 8.87. The molecule has 6 heteroatoms. The van der Waals surface area contributed by atoms with Crippen molar-refractivity contribution in [3.63, 3.8) is 0 Å². The summed E-state index contributed by atoms with van der Waals surface area (Å²) in [5.41, 5.74) is 3.99. The third-order valence-electron chi connectivity index (χ3n) is 3.33. The summed E-state index contributed by atoms with van der Waals surface area (Å²) in [5, 5.41) is 18.7. The number of hydrogen-bond acceptors (Lipinski definition) is 5. The average Bonchev–Trinajstić information content (AvgIpc) is 3.04. The first kappa shape index (κ1) is 15.1. The van der Waals surface area contributed by atoms with Crippen LogP contribution in [0.2, 0.25) is 0 Å². The number of aromatic nitrogens is 3. The molecule has 2 aromatic carbocycles. The number of nitrogens with zero attached hydrogens (tertiary/aromatic N) is 3. The molecule has 0 spiro atoms. The fourth-order valence-electron chi connectivity index (χ4n) is 2.30. The van der Waals surface area contributed by atoms with Crippen LogP contribution in [0.1, 0.15) is 16.7 Å². The molecule has 0 amide bonds. The minimum Gasteiger partial charge on any atom is -0.323 e. The van der Waals surface area contributed by atoms with Crippen molar-refractivity contribution in [2.45, 2.75) is 23.6 Å². The van der Waals surface area contributed by atoms with E-state index in [1.165, 1.54) is 22.3 Å². The summed E-state index contributed by atoms with van der Waals surface area (Å²) >= 11 is 1.70. The Hall–Kier alpha value is -2.78. The van der Waals surface area contributed by atoms with Gasteiger partial charge in [-0.3, -0.25) is 5.10 Å². The molecule has 0 saturated carbocycles. The number of nitriles is 1. The zero-order valence-corrected chi connectivity index (χ0v) is 13.6. The quantitative estimate of drug-likeness (QED) is 0.753. The number of anilines is 2. The molecule has 0 saturated heterocycles. The van der Waals surface area contributed by atoms with Gasteiger partial charge in [-0.25, -0.2) is 4.98 Å². The van der Waals surface area contributed by atoms with E-state index in [2.05, 4.69) is 52.5 Å². The van der Waals surface area contributed by atoms with E-state index in [1.807, 2.05) is 24.3 Å². The lowest BCUT2D eigenvalue weighted by atomic mass is 10.1. The zero-order valence-electron chi connectivity index (χ0n) is 12.8. The second-order valence-corrected chi connectivity index (χ2v) is 6.21. The molecule has 0 bridgehead atoms. The smallest absolute Gasteiger partial charge is 0.246 e. The molecule has 1 aromatic heterocycles. The topological polar surface area (TPSA) is 77.4 Å². The third kappa shape index (κ3) is 3.52. The molecular weight excluding hydrogens is 306 g/mol. The molecule has 0 unspecified atom stereocenters. The number of benzene rings is 2. The van der Waals surface area contributed by atoms with Crippen LogP contribution in [0.25, 0.3) is 0 Å². The predicted molar refractivity (Wildman–Crippen MR) is 90.9 cm³/mol. The number of hydrogen-bond donors (Lipinski definition) is 2. The number of aryl methyl sites for hydroxylation is 2. The Labute approximate surface area is 138 Å². The summed E-state index contributed by atoms with van der Waals surface area (Å²) in [4.78, 5) is 6.40. The van der Waals surface area contributed by atoms with E-state index < -0.39 is 0 Å². The van der Waals surface area contributed by atoms with Crippen LogP contribution in [0, 0.1) is 25.2 Å². The third-order valence-corrected chi connectivity index (χ3v) is 4.69. The van der Waals surface area contributed by atoms with Crippen LogP contribution in [0.5, 0.6) is 0 Å². The highest BCUT2D eigenvalue weighted by atomic mass is 32.2. The van der Waals surface area contributed by atoms with Crippen LogP contribution in [0.4, 0.5) is 11.6 Å². The summed E-state index contributed by atoms with van der Waals surface area (Å²) in [6.45, 7) is 4.17. The van der Waals surface area contributed by atoms with Crippen LogP contribution >= 0.6 is 11.8 Å². The van der Waals surface area contributed by atoms with Gasteiger partial charge in [0.2, 0.25) is 5.95 Å². The lowest BCUT2D eigenvalue weighted by molar-refractivity contribution is 1.09. The SMILES string of the molecule is Cc1cc(Nc2nc[nH]n2)cc(C)c1Sc1ccc(C#N)cc1. The molecule has 0 atom stereocenters. The Morgan fingerprint density at radius 2 is 1.83 bits per heavy atom. The molecule has 3 aromatic rings. The first-order valence-corrected chi connectivity index (χ1v) is 7.89. The summed E-state index contributed by atoms with van der Waals surface area (Å²) in [6.07, 6.45) is 1.54. The Morgan fingerprint density at radius 3 is 2.39 bits per heavy atom. The highest BCUT2D eigenvalue weighted by molar-refractivity contribution is 7.99. The van der Waals surface area contributed by atoms with E-state index >= 15 is 0 Å². The average molecular weight is 321 g/mol. The Balaban J connectivity index is 1.83. The molecule has 0 fully saturated rings. The normalized spacial score (nSPS) is 10.3. The van der Waals surface area contributed by atoms with Crippen LogP contribution in [0.3, 0.4) is 0 Å². The molecule has 5 nitrogen and oxygen atoms in total. The fourth-order valence-corrected chi connectivity index (χ4v) is 3.24. The van der Waals surface area contributed by atoms with E-state index in [4.69, 9.17) is 5.26 Å². The molecule has 23 heavy (non-hydrogen) atoms. The Morgan fingerprint density at radius 1 is 1.13 bits per heavy atom. The standard InChI is InChI=1S/C17H15N5S/c1-11-7-14(21-17-19-10-20-22-17)8-12(2)16(11)23-15-5-3-13(9-18)4-6-15/h3-8,10H,1-2H3,(H2,19,20,21,22). The second-order valence-electron chi connectivity index (χ2n) is 5.13. The maximum Gasteiger partial charge on any atom is 0.246 e. The van der Waals surface area contributed by atoms with E-state index in [0.717, 1.165) is 10.6 Å². The lowest BCUT2D eigenvalue weighted by Crippen LogP contribution is -1.95. The number of rotatable bonds is 4. The van der Waals surface area contributed by atoms with Gasteiger partial charge in [0.05, 0.1) is 11.6 Å². The molecule has 3 rings (SSSR count). The lowest BCUT2D eigenvalue weighted by Gasteiger charge is -2.12. The zero-order chi connectivity index (χ0) is 16.2. The van der Waals surface area contributed by atoms with Gasteiger partial charge in [0, 0.05) is 15.5 Å². The van der Waals surface area contributed by atoms with Gasteiger partial charge < -0.3 is 5.32 Å². The van der Waals surface area contributed by atoms with Crippen molar-refractivity contribution >= 4 is 23.4 Å². The second kappa shape index (κ2) is 6.55. The fraction of sp³-hybridized carbons (Fsp3) is 0.118. The molecule has 0 aliphatic carbocycles. The van der Waals surface area contributed by atoms with Gasteiger partial charge in [-0.2, -0.15) is 5.26 Å². The van der Waals surface area contributed by atoms with Crippen molar-refractivity contribution in [1.82, 2.24) is 15.2 Å². The minimum atomic E-state index is 0.552. The van der Waals surface area contributed by atoms with Gasteiger partial charge in [-0.1, -0.05) is 11.8 Å². The largest absolute Gasteiger partial charge is 0.323 e. The van der Waals surface area contributed by atoms with Gasteiger partial charge in [0.1, 0.15) is 6.33 Å². The van der Waals surface area contributed by atoms with Crippen molar-refractivity contribution in [1.29, 1.82) is 5.26 Å². The molecular formula is C17H15N5S. The van der Waals surface area contributed by atoms with E-state index in [1.54, 1.807) is 11.8 Å². The highest BCUT2D eigenvalue weighted by Gasteiger charge is 2.08. The van der Waals surface area contributed by atoms with Crippen molar-refractivity contribution in [2.24, 2.45) is 0 Å². The van der Waals surface area contributed by atoms with Gasteiger partial charge in [-0.15, -0.1) is 5.10 Å². The van der Waals surface area contributed by atoms with E-state index in [9.17, 15) is 0 Å². The van der Waals surface area contributed by atoms with Crippen LogP contribution in [0.15, 0.2) is 52.5 Å². The van der Waals surface area contributed by atoms with Crippen LogP contribution in [-0.2, 0) is 0 Å².